The number of carbonyl (C=O) groups is 1. The SMILES string of the molecule is O=C1N(Cc2c[nH]c3ccccc23)CCCC12CCN(c1ccc3ccccc3n1)C2. The van der Waals surface area contributed by atoms with Gasteiger partial charge >= 0.3 is 0 Å². The number of likely N-dealkylation sites (tertiary alicyclic amines) is 1. The van der Waals surface area contributed by atoms with E-state index in [1.54, 1.807) is 0 Å². The second-order valence-electron chi connectivity index (χ2n) is 9.00. The third-order valence-corrected chi connectivity index (χ3v) is 7.12. The zero-order valence-corrected chi connectivity index (χ0v) is 17.6. The quantitative estimate of drug-likeness (QED) is 0.531. The molecule has 156 valence electrons. The summed E-state index contributed by atoms with van der Waals surface area (Å²) >= 11 is 0. The first kappa shape index (κ1) is 18.4. The summed E-state index contributed by atoms with van der Waals surface area (Å²) in [7, 11) is 0. The minimum atomic E-state index is -0.280. The van der Waals surface area contributed by atoms with Crippen LogP contribution in [0, 0.1) is 5.41 Å². The first-order valence-electron chi connectivity index (χ1n) is 11.2. The Morgan fingerprint density at radius 1 is 0.968 bits per heavy atom. The van der Waals surface area contributed by atoms with Gasteiger partial charge in [0.15, 0.2) is 0 Å². The van der Waals surface area contributed by atoms with Crippen LogP contribution in [0.3, 0.4) is 0 Å². The number of anilines is 1. The van der Waals surface area contributed by atoms with E-state index in [0.717, 1.165) is 61.1 Å². The van der Waals surface area contributed by atoms with Crippen LogP contribution in [-0.2, 0) is 11.3 Å². The topological polar surface area (TPSA) is 52.2 Å². The molecular weight excluding hydrogens is 384 g/mol. The summed E-state index contributed by atoms with van der Waals surface area (Å²) in [6, 6.07) is 20.8. The molecule has 1 unspecified atom stereocenters. The van der Waals surface area contributed by atoms with Gasteiger partial charge in [0.2, 0.25) is 5.91 Å². The third kappa shape index (κ3) is 3.07. The number of hydrogen-bond acceptors (Lipinski definition) is 3. The highest BCUT2D eigenvalue weighted by atomic mass is 16.2. The molecule has 1 atom stereocenters. The lowest BCUT2D eigenvalue weighted by atomic mass is 9.78. The fraction of sp³-hybridized carbons (Fsp3) is 0.308. The van der Waals surface area contributed by atoms with Crippen LogP contribution in [0.25, 0.3) is 21.8 Å². The van der Waals surface area contributed by atoms with E-state index in [9.17, 15) is 4.79 Å². The highest BCUT2D eigenvalue weighted by Crippen LogP contribution is 2.42. The Morgan fingerprint density at radius 2 is 1.84 bits per heavy atom. The molecule has 4 heterocycles. The van der Waals surface area contributed by atoms with Gasteiger partial charge in [-0.3, -0.25) is 4.79 Å². The van der Waals surface area contributed by atoms with E-state index in [4.69, 9.17) is 4.98 Å². The Morgan fingerprint density at radius 3 is 2.81 bits per heavy atom. The molecule has 2 aromatic heterocycles. The number of carbonyl (C=O) groups excluding carboxylic acids is 1. The van der Waals surface area contributed by atoms with Crippen LogP contribution in [-0.4, -0.2) is 40.4 Å². The summed E-state index contributed by atoms with van der Waals surface area (Å²) in [4.78, 5) is 26.3. The first-order chi connectivity index (χ1) is 15.2. The molecular formula is C26H26N4O. The lowest BCUT2D eigenvalue weighted by molar-refractivity contribution is -0.145. The number of hydrogen-bond donors (Lipinski definition) is 1. The van der Waals surface area contributed by atoms with E-state index in [-0.39, 0.29) is 5.41 Å². The van der Waals surface area contributed by atoms with Crippen molar-refractivity contribution in [3.63, 3.8) is 0 Å². The molecule has 0 aliphatic carbocycles. The Labute approximate surface area is 181 Å². The molecule has 6 rings (SSSR count). The Bertz CT molecular complexity index is 1280. The summed E-state index contributed by atoms with van der Waals surface area (Å²) < 4.78 is 0. The fourth-order valence-corrected chi connectivity index (χ4v) is 5.45. The molecule has 1 spiro atoms. The number of amides is 1. The molecule has 1 amide bonds. The predicted octanol–water partition coefficient (Wildman–Crippen LogP) is 4.74. The van der Waals surface area contributed by atoms with Crippen molar-refractivity contribution < 1.29 is 4.79 Å². The molecule has 2 saturated heterocycles. The Balaban J connectivity index is 1.24. The monoisotopic (exact) mass is 410 g/mol. The number of pyridine rings is 1. The first-order valence-corrected chi connectivity index (χ1v) is 11.2. The van der Waals surface area contributed by atoms with Crippen LogP contribution >= 0.6 is 0 Å². The number of benzene rings is 2. The maximum Gasteiger partial charge on any atom is 0.230 e. The van der Waals surface area contributed by atoms with E-state index < -0.39 is 0 Å². The zero-order valence-electron chi connectivity index (χ0n) is 17.6. The maximum absolute atomic E-state index is 13.7. The van der Waals surface area contributed by atoms with E-state index >= 15 is 0 Å². The van der Waals surface area contributed by atoms with Crippen molar-refractivity contribution in [1.82, 2.24) is 14.9 Å². The van der Waals surface area contributed by atoms with Crippen molar-refractivity contribution >= 4 is 33.5 Å². The van der Waals surface area contributed by atoms with Crippen LogP contribution in [0.1, 0.15) is 24.8 Å². The highest BCUT2D eigenvalue weighted by Gasteiger charge is 2.48. The van der Waals surface area contributed by atoms with E-state index in [2.05, 4.69) is 63.4 Å². The molecule has 2 aliphatic heterocycles. The fourth-order valence-electron chi connectivity index (χ4n) is 5.45. The van der Waals surface area contributed by atoms with E-state index in [1.165, 1.54) is 10.9 Å². The molecule has 0 radical (unpaired) electrons. The van der Waals surface area contributed by atoms with Crippen LogP contribution in [0.2, 0.25) is 0 Å². The predicted molar refractivity (Wildman–Crippen MR) is 124 cm³/mol. The molecule has 4 aromatic rings. The normalized spacial score (nSPS) is 21.6. The van der Waals surface area contributed by atoms with Crippen molar-refractivity contribution in [3.05, 3.63) is 72.4 Å². The van der Waals surface area contributed by atoms with Gasteiger partial charge in [-0.15, -0.1) is 0 Å². The molecule has 0 bridgehead atoms. The van der Waals surface area contributed by atoms with Crippen molar-refractivity contribution in [1.29, 1.82) is 0 Å². The second-order valence-corrected chi connectivity index (χ2v) is 9.00. The molecule has 2 fully saturated rings. The maximum atomic E-state index is 13.7. The van der Waals surface area contributed by atoms with Crippen molar-refractivity contribution in [2.75, 3.05) is 24.5 Å². The van der Waals surface area contributed by atoms with Crippen LogP contribution < -0.4 is 4.90 Å². The Hall–Kier alpha value is -3.34. The highest BCUT2D eigenvalue weighted by molar-refractivity contribution is 5.87. The number of aromatic nitrogens is 2. The van der Waals surface area contributed by atoms with Gasteiger partial charge in [0.05, 0.1) is 10.9 Å². The number of rotatable bonds is 3. The second kappa shape index (κ2) is 7.12. The van der Waals surface area contributed by atoms with Crippen molar-refractivity contribution in [2.45, 2.75) is 25.8 Å². The van der Waals surface area contributed by atoms with E-state index in [0.29, 0.717) is 12.5 Å². The zero-order chi connectivity index (χ0) is 20.8. The largest absolute Gasteiger partial charge is 0.361 e. The molecule has 2 aliphatic rings. The number of para-hydroxylation sites is 2. The minimum absolute atomic E-state index is 0.280. The minimum Gasteiger partial charge on any atom is -0.361 e. The van der Waals surface area contributed by atoms with Crippen LogP contribution in [0.5, 0.6) is 0 Å². The van der Waals surface area contributed by atoms with Gasteiger partial charge in [-0.1, -0.05) is 36.4 Å². The van der Waals surface area contributed by atoms with Gasteiger partial charge in [0, 0.05) is 48.7 Å². The summed E-state index contributed by atoms with van der Waals surface area (Å²) in [5, 5.41) is 2.36. The molecule has 5 nitrogen and oxygen atoms in total. The number of fused-ring (bicyclic) bond motifs is 2. The van der Waals surface area contributed by atoms with Gasteiger partial charge in [-0.05, 0) is 49.1 Å². The van der Waals surface area contributed by atoms with Gasteiger partial charge < -0.3 is 14.8 Å². The molecule has 0 saturated carbocycles. The average molecular weight is 411 g/mol. The molecule has 31 heavy (non-hydrogen) atoms. The number of H-pyrrole nitrogens is 1. The standard InChI is InChI=1S/C26H26N4O/c31-25-26(12-5-14-29(25)17-20-16-27-23-9-4-2-7-21(20)23)13-15-30(18-26)24-11-10-19-6-1-3-8-22(19)28-24/h1-4,6-11,16,27H,5,12-15,17-18H2. The number of nitrogens with zero attached hydrogens (tertiary/aromatic N) is 3. The summed E-state index contributed by atoms with van der Waals surface area (Å²) in [6.45, 7) is 3.17. The summed E-state index contributed by atoms with van der Waals surface area (Å²) in [5.74, 6) is 1.30. The van der Waals surface area contributed by atoms with Gasteiger partial charge in [0.1, 0.15) is 5.82 Å². The third-order valence-electron chi connectivity index (χ3n) is 7.12. The van der Waals surface area contributed by atoms with E-state index in [1.807, 2.05) is 18.2 Å². The number of aromatic amines is 1. The van der Waals surface area contributed by atoms with Gasteiger partial charge in [-0.2, -0.15) is 0 Å². The van der Waals surface area contributed by atoms with Gasteiger partial charge in [0.25, 0.3) is 0 Å². The molecule has 5 heteroatoms. The van der Waals surface area contributed by atoms with Crippen molar-refractivity contribution in [2.24, 2.45) is 5.41 Å². The summed E-state index contributed by atoms with van der Waals surface area (Å²) in [5.41, 5.74) is 3.06. The number of nitrogens with one attached hydrogen (secondary N) is 1. The Kier molecular flexibility index (Phi) is 4.23. The molecule has 2 aromatic carbocycles. The number of piperidine rings is 1. The smallest absolute Gasteiger partial charge is 0.230 e. The lowest BCUT2D eigenvalue weighted by Gasteiger charge is -2.39. The average Bonchev–Trinajstić information content (AvgIpc) is 3.42. The van der Waals surface area contributed by atoms with Crippen LogP contribution in [0.15, 0.2) is 66.9 Å². The summed E-state index contributed by atoms with van der Waals surface area (Å²) in [6.07, 6.45) is 5.00. The lowest BCUT2D eigenvalue weighted by Crippen LogP contribution is -2.49. The van der Waals surface area contributed by atoms with Gasteiger partial charge in [-0.25, -0.2) is 4.98 Å². The van der Waals surface area contributed by atoms with Crippen LogP contribution in [0.4, 0.5) is 5.82 Å². The molecule has 1 N–H and O–H groups in total. The van der Waals surface area contributed by atoms with Crippen molar-refractivity contribution in [3.8, 4) is 0 Å².